The van der Waals surface area contributed by atoms with Gasteiger partial charge in [0.25, 0.3) is 0 Å². The van der Waals surface area contributed by atoms with Crippen molar-refractivity contribution in [2.45, 2.75) is 6.92 Å². The van der Waals surface area contributed by atoms with Gasteiger partial charge in [-0.05, 0) is 36.2 Å². The lowest BCUT2D eigenvalue weighted by molar-refractivity contribution is 1.29. The van der Waals surface area contributed by atoms with Gasteiger partial charge in [-0.25, -0.2) is 0 Å². The largest absolute Gasteiger partial charge is 0.256 e. The lowest BCUT2D eigenvalue weighted by Gasteiger charge is -2.21. The van der Waals surface area contributed by atoms with E-state index in [1.54, 1.807) is 0 Å². The maximum Gasteiger partial charge on any atom is 0.139 e. The second-order valence-corrected chi connectivity index (χ2v) is 7.33. The van der Waals surface area contributed by atoms with Crippen LogP contribution in [0.2, 0.25) is 5.02 Å². The van der Waals surface area contributed by atoms with Gasteiger partial charge in [0.15, 0.2) is 0 Å². The molecule has 0 fully saturated rings. The fourth-order valence-corrected chi connectivity index (χ4v) is 3.63. The van der Waals surface area contributed by atoms with Crippen LogP contribution < -0.4 is 27.3 Å². The van der Waals surface area contributed by atoms with Crippen LogP contribution in [0.15, 0.2) is 36.5 Å². The van der Waals surface area contributed by atoms with Crippen LogP contribution in [0.3, 0.4) is 0 Å². The number of rotatable bonds is 2. The van der Waals surface area contributed by atoms with Crippen LogP contribution >= 0.6 is 11.6 Å². The number of aryl methyl sites for hydroxylation is 1. The molecule has 118 valence electrons. The molecule has 25 heavy (non-hydrogen) atoms. The summed E-state index contributed by atoms with van der Waals surface area (Å²) in [4.78, 5) is 4.74. The number of halogens is 1. The molecule has 1 aromatic heterocycles. The van der Waals surface area contributed by atoms with Gasteiger partial charge in [-0.15, -0.1) is 16.4 Å². The summed E-state index contributed by atoms with van der Waals surface area (Å²) in [6.07, 6.45) is 2.02. The van der Waals surface area contributed by atoms with Crippen molar-refractivity contribution in [3.05, 3.63) is 47.1 Å². The molecule has 0 bridgehead atoms. The molecule has 2 aromatic carbocycles. The normalized spacial score (nSPS) is 10.8. The fourth-order valence-electron chi connectivity index (χ4n) is 3.50. The van der Waals surface area contributed by atoms with E-state index in [-0.39, 0.29) is 0 Å². The third-order valence-electron chi connectivity index (χ3n) is 5.52. The zero-order chi connectivity index (χ0) is 18.3. The van der Waals surface area contributed by atoms with Gasteiger partial charge in [0.2, 0.25) is 0 Å². The minimum Gasteiger partial charge on any atom is -0.256 e. The van der Waals surface area contributed by atoms with Gasteiger partial charge < -0.3 is 0 Å². The van der Waals surface area contributed by atoms with Gasteiger partial charge in [-0.3, -0.25) is 4.98 Å². The van der Waals surface area contributed by atoms with E-state index in [9.17, 15) is 0 Å². The lowest BCUT2D eigenvalue weighted by Crippen LogP contribution is -2.55. The Hall–Kier alpha value is -1.80. The molecule has 0 amide bonds. The van der Waals surface area contributed by atoms with Crippen LogP contribution in [0.1, 0.15) is 5.56 Å². The van der Waals surface area contributed by atoms with Crippen LogP contribution in [0.25, 0.3) is 22.4 Å². The first kappa shape index (κ1) is 18.0. The zero-order valence-corrected chi connectivity index (χ0v) is 16.5. The molecule has 1 heterocycles. The molecule has 0 aliphatic carbocycles. The van der Waals surface area contributed by atoms with E-state index in [1.807, 2.05) is 30.5 Å². The Kier molecular flexibility index (Phi) is 4.93. The lowest BCUT2D eigenvalue weighted by atomic mass is 9.59. The van der Waals surface area contributed by atoms with E-state index < -0.39 is 0 Å². The van der Waals surface area contributed by atoms with Crippen molar-refractivity contribution in [1.82, 2.24) is 4.98 Å². The van der Waals surface area contributed by atoms with Gasteiger partial charge in [-0.2, -0.15) is 0 Å². The maximum atomic E-state index is 5.99. The average Bonchev–Trinajstić information content (AvgIpc) is 2.60. The first-order chi connectivity index (χ1) is 11.8. The van der Waals surface area contributed by atoms with E-state index in [1.165, 1.54) is 44.0 Å². The SMILES string of the molecule is Bc1c(B)c(B)c(-c2cnc(-c3ccc(Cl)cc3)cc2C)c(B)c1B. The van der Waals surface area contributed by atoms with Crippen molar-refractivity contribution in [3.63, 3.8) is 0 Å². The van der Waals surface area contributed by atoms with Crippen LogP contribution in [0.5, 0.6) is 0 Å². The fraction of sp³-hybridized carbons (Fsp3) is 0.0556. The summed E-state index contributed by atoms with van der Waals surface area (Å²) in [5.74, 6) is 0. The molecular formula is C18H19B5ClN. The molecule has 7 heteroatoms. The summed E-state index contributed by atoms with van der Waals surface area (Å²) in [5.41, 5.74) is 12.7. The second kappa shape index (κ2) is 6.84. The predicted octanol–water partition coefficient (Wildman–Crippen LogP) is -3.33. The molecule has 3 rings (SSSR count). The van der Waals surface area contributed by atoms with Crippen molar-refractivity contribution in [2.24, 2.45) is 0 Å². The summed E-state index contributed by atoms with van der Waals surface area (Å²) >= 11 is 5.99. The highest BCUT2D eigenvalue weighted by Gasteiger charge is 2.15. The molecule has 0 aliphatic rings. The Morgan fingerprint density at radius 2 is 1.32 bits per heavy atom. The van der Waals surface area contributed by atoms with Gasteiger partial charge in [0, 0.05) is 22.3 Å². The number of pyridine rings is 1. The van der Waals surface area contributed by atoms with E-state index >= 15 is 0 Å². The van der Waals surface area contributed by atoms with Gasteiger partial charge in [0.05, 0.1) is 5.69 Å². The average molecular weight is 339 g/mol. The third kappa shape index (κ3) is 3.20. The minimum atomic E-state index is 0.744. The Balaban J connectivity index is 2.16. The third-order valence-corrected chi connectivity index (χ3v) is 5.77. The number of aromatic nitrogens is 1. The summed E-state index contributed by atoms with van der Waals surface area (Å²) in [5, 5.41) is 0.744. The standard InChI is InChI=1S/C18H19B5ClN/c1-8-6-12(9-2-4-10(24)5-3-9)25-7-11(8)13-14(19)16(21)18(23)17(22)15(13)20/h2-7H,19-23H2,1H3. The Labute approximate surface area is 159 Å². The number of nitrogens with zero attached hydrogens (tertiary/aromatic N) is 1. The quantitative estimate of drug-likeness (QED) is 0.446. The molecule has 0 spiro atoms. The van der Waals surface area contributed by atoms with Crippen molar-refractivity contribution in [3.8, 4) is 22.4 Å². The van der Waals surface area contributed by atoms with E-state index in [0.717, 1.165) is 16.3 Å². The molecule has 3 aromatic rings. The molecule has 1 nitrogen and oxygen atoms in total. The predicted molar refractivity (Wildman–Crippen MR) is 126 cm³/mol. The highest BCUT2D eigenvalue weighted by Crippen LogP contribution is 2.25. The monoisotopic (exact) mass is 339 g/mol. The number of benzene rings is 2. The highest BCUT2D eigenvalue weighted by atomic mass is 35.5. The molecular weight excluding hydrogens is 320 g/mol. The molecule has 0 atom stereocenters. The second-order valence-electron chi connectivity index (χ2n) is 6.89. The van der Waals surface area contributed by atoms with Crippen LogP contribution in [-0.2, 0) is 0 Å². The number of hydrogen-bond donors (Lipinski definition) is 0. The minimum absolute atomic E-state index is 0.744. The maximum absolute atomic E-state index is 5.99. The van der Waals surface area contributed by atoms with Gasteiger partial charge in [0.1, 0.15) is 39.2 Å². The number of hydrogen-bond acceptors (Lipinski definition) is 1. The van der Waals surface area contributed by atoms with Crippen molar-refractivity contribution < 1.29 is 0 Å². The summed E-state index contributed by atoms with van der Waals surface area (Å²) in [6, 6.07) is 10.0. The highest BCUT2D eigenvalue weighted by molar-refractivity contribution is 6.68. The van der Waals surface area contributed by atoms with Gasteiger partial charge in [-0.1, -0.05) is 34.7 Å². The van der Waals surface area contributed by atoms with Crippen molar-refractivity contribution in [2.75, 3.05) is 0 Å². The van der Waals surface area contributed by atoms with Crippen molar-refractivity contribution in [1.29, 1.82) is 0 Å². The van der Waals surface area contributed by atoms with E-state index in [0.29, 0.717) is 0 Å². The van der Waals surface area contributed by atoms with Crippen LogP contribution in [0.4, 0.5) is 0 Å². The topological polar surface area (TPSA) is 12.9 Å². The van der Waals surface area contributed by atoms with E-state index in [4.69, 9.17) is 16.6 Å². The van der Waals surface area contributed by atoms with Gasteiger partial charge >= 0.3 is 0 Å². The molecule has 0 N–H and O–H groups in total. The van der Waals surface area contributed by atoms with E-state index in [2.05, 4.69) is 52.2 Å². The first-order valence-electron chi connectivity index (χ1n) is 8.61. The molecule has 0 saturated carbocycles. The molecule has 0 saturated heterocycles. The van der Waals surface area contributed by atoms with Crippen LogP contribution in [0, 0.1) is 6.92 Å². The zero-order valence-electron chi connectivity index (χ0n) is 15.8. The Bertz CT molecular complexity index is 941. The molecule has 0 unspecified atom stereocenters. The van der Waals surface area contributed by atoms with Crippen molar-refractivity contribution >= 4 is 78.1 Å². The van der Waals surface area contributed by atoms with Crippen LogP contribution in [-0.4, -0.2) is 44.2 Å². The Morgan fingerprint density at radius 1 is 0.800 bits per heavy atom. The molecule has 0 radical (unpaired) electrons. The summed E-state index contributed by atoms with van der Waals surface area (Å²) < 4.78 is 0. The first-order valence-corrected chi connectivity index (χ1v) is 8.99. The Morgan fingerprint density at radius 3 is 1.84 bits per heavy atom. The molecule has 0 aliphatic heterocycles. The summed E-state index contributed by atoms with van der Waals surface area (Å²) in [6.45, 7) is 2.17. The summed E-state index contributed by atoms with van der Waals surface area (Å²) in [7, 11) is 11.1. The smallest absolute Gasteiger partial charge is 0.139 e.